The number of rotatable bonds is 4. The zero-order valence-electron chi connectivity index (χ0n) is 17.5. The van der Waals surface area contributed by atoms with Crippen molar-refractivity contribution >= 4 is 23.2 Å². The molecule has 1 saturated heterocycles. The summed E-state index contributed by atoms with van der Waals surface area (Å²) < 4.78 is 1.42. The van der Waals surface area contributed by atoms with Crippen molar-refractivity contribution in [2.24, 2.45) is 7.05 Å². The lowest BCUT2D eigenvalue weighted by Crippen LogP contribution is -2.40. The minimum Gasteiger partial charge on any atom is -0.347 e. The number of aryl methyl sites for hydroxylation is 4. The molecular weight excluding hydrogens is 400 g/mol. The molecule has 1 fully saturated rings. The fourth-order valence-electron chi connectivity index (χ4n) is 3.71. The summed E-state index contributed by atoms with van der Waals surface area (Å²) in [6.45, 7) is 7.08. The topological polar surface area (TPSA) is 93.0 Å². The molecule has 0 radical (unpaired) electrons. The number of amides is 1. The Morgan fingerprint density at radius 3 is 2.77 bits per heavy atom. The number of thiazole rings is 1. The van der Waals surface area contributed by atoms with E-state index in [-0.39, 0.29) is 23.1 Å². The first kappa shape index (κ1) is 20.2. The van der Waals surface area contributed by atoms with E-state index in [1.54, 1.807) is 43.8 Å². The van der Waals surface area contributed by atoms with Gasteiger partial charge in [-0.3, -0.25) is 9.59 Å². The number of carbonyl (C=O) groups excluding carboxylic acids is 1. The summed E-state index contributed by atoms with van der Waals surface area (Å²) in [6.07, 6.45) is 4.20. The summed E-state index contributed by atoms with van der Waals surface area (Å²) in [5.41, 5.74) is 2.42. The normalized spacial score (nSPS) is 16.1. The fourth-order valence-corrected chi connectivity index (χ4v) is 4.60. The van der Waals surface area contributed by atoms with E-state index in [9.17, 15) is 9.59 Å². The molecule has 0 aliphatic carbocycles. The zero-order chi connectivity index (χ0) is 21.4. The van der Waals surface area contributed by atoms with E-state index in [0.29, 0.717) is 18.1 Å². The van der Waals surface area contributed by atoms with E-state index in [2.05, 4.69) is 20.2 Å². The van der Waals surface area contributed by atoms with Gasteiger partial charge in [-0.25, -0.2) is 15.0 Å². The third-order valence-corrected chi connectivity index (χ3v) is 6.38. The van der Waals surface area contributed by atoms with Gasteiger partial charge in [-0.1, -0.05) is 0 Å². The number of nitrogens with zero attached hydrogens (tertiary/aromatic N) is 5. The van der Waals surface area contributed by atoms with Gasteiger partial charge in [0.15, 0.2) is 0 Å². The molecule has 0 aromatic carbocycles. The van der Waals surface area contributed by atoms with Crippen LogP contribution in [0.15, 0.2) is 29.3 Å². The molecule has 1 aliphatic heterocycles. The molecule has 1 N–H and O–H groups in total. The molecule has 3 aromatic heterocycles. The van der Waals surface area contributed by atoms with Crippen LogP contribution in [-0.4, -0.2) is 44.6 Å². The van der Waals surface area contributed by atoms with Gasteiger partial charge in [0.05, 0.1) is 21.3 Å². The number of hydrogen-bond acceptors (Lipinski definition) is 7. The van der Waals surface area contributed by atoms with Gasteiger partial charge in [-0.05, 0) is 44.9 Å². The molecule has 1 unspecified atom stereocenters. The van der Waals surface area contributed by atoms with Gasteiger partial charge < -0.3 is 14.8 Å². The van der Waals surface area contributed by atoms with Gasteiger partial charge in [0, 0.05) is 38.6 Å². The lowest BCUT2D eigenvalue weighted by atomic mass is 10.1. The molecule has 1 atom stereocenters. The Morgan fingerprint density at radius 1 is 1.23 bits per heavy atom. The molecule has 9 heteroatoms. The second-order valence-corrected chi connectivity index (χ2v) is 8.79. The van der Waals surface area contributed by atoms with E-state index in [0.717, 1.165) is 34.2 Å². The van der Waals surface area contributed by atoms with Crippen molar-refractivity contribution in [3.05, 3.63) is 56.7 Å². The summed E-state index contributed by atoms with van der Waals surface area (Å²) in [7, 11) is 1.65. The zero-order valence-corrected chi connectivity index (χ0v) is 18.3. The van der Waals surface area contributed by atoms with E-state index in [1.807, 2.05) is 19.9 Å². The van der Waals surface area contributed by atoms with Gasteiger partial charge in [0.25, 0.3) is 11.5 Å². The first-order chi connectivity index (χ1) is 14.3. The maximum absolute atomic E-state index is 12.7. The molecule has 1 amide bonds. The van der Waals surface area contributed by atoms with Crippen molar-refractivity contribution in [1.82, 2.24) is 24.8 Å². The minimum absolute atomic E-state index is 0.0681. The summed E-state index contributed by atoms with van der Waals surface area (Å²) in [4.78, 5) is 41.8. The first-order valence-electron chi connectivity index (χ1n) is 9.83. The van der Waals surface area contributed by atoms with Crippen LogP contribution < -0.4 is 15.8 Å². The molecule has 4 rings (SSSR count). The lowest BCUT2D eigenvalue weighted by molar-refractivity contribution is 0.0937. The van der Waals surface area contributed by atoms with Crippen LogP contribution in [0, 0.1) is 20.8 Å². The van der Waals surface area contributed by atoms with E-state index >= 15 is 0 Å². The molecule has 4 heterocycles. The second-order valence-electron chi connectivity index (χ2n) is 7.58. The summed E-state index contributed by atoms with van der Waals surface area (Å²) in [5.74, 6) is 0.312. The Hall–Kier alpha value is -3.07. The van der Waals surface area contributed by atoms with Crippen molar-refractivity contribution in [2.75, 3.05) is 18.0 Å². The standard InChI is InChI=1S/C21H24N6O2S/c1-12-6-9-26(4)20(29)17(12)19(28)24-15-7-10-27(11-15)21-22-8-5-16(25-21)18-13(2)23-14(3)30-18/h5-6,8-9,15H,7,10-11H2,1-4H3,(H,24,28). The maximum atomic E-state index is 12.7. The van der Waals surface area contributed by atoms with E-state index < -0.39 is 0 Å². The number of nitrogens with one attached hydrogen (secondary N) is 1. The molecule has 0 saturated carbocycles. The Labute approximate surface area is 178 Å². The highest BCUT2D eigenvalue weighted by atomic mass is 32.1. The van der Waals surface area contributed by atoms with Crippen LogP contribution in [0.3, 0.4) is 0 Å². The van der Waals surface area contributed by atoms with Crippen molar-refractivity contribution in [1.29, 1.82) is 0 Å². The molecule has 30 heavy (non-hydrogen) atoms. The van der Waals surface area contributed by atoms with Crippen LogP contribution in [0.4, 0.5) is 5.95 Å². The quantitative estimate of drug-likeness (QED) is 0.690. The number of carbonyl (C=O) groups is 1. The van der Waals surface area contributed by atoms with Crippen molar-refractivity contribution in [2.45, 2.75) is 33.2 Å². The van der Waals surface area contributed by atoms with Crippen molar-refractivity contribution in [3.63, 3.8) is 0 Å². The number of aromatic nitrogens is 4. The van der Waals surface area contributed by atoms with Crippen LogP contribution in [0.2, 0.25) is 0 Å². The molecule has 3 aromatic rings. The summed E-state index contributed by atoms with van der Waals surface area (Å²) in [6, 6.07) is 3.60. The Balaban J connectivity index is 1.48. The average molecular weight is 425 g/mol. The number of anilines is 1. The third-order valence-electron chi connectivity index (χ3n) is 5.29. The van der Waals surface area contributed by atoms with Gasteiger partial charge in [0.1, 0.15) is 5.56 Å². The van der Waals surface area contributed by atoms with Gasteiger partial charge >= 0.3 is 0 Å². The number of hydrogen-bond donors (Lipinski definition) is 1. The molecule has 8 nitrogen and oxygen atoms in total. The van der Waals surface area contributed by atoms with Gasteiger partial charge in [-0.2, -0.15) is 0 Å². The van der Waals surface area contributed by atoms with Crippen molar-refractivity contribution < 1.29 is 4.79 Å². The van der Waals surface area contributed by atoms with Crippen LogP contribution in [-0.2, 0) is 7.05 Å². The van der Waals surface area contributed by atoms with Gasteiger partial charge in [0.2, 0.25) is 5.95 Å². The molecule has 0 bridgehead atoms. The Morgan fingerprint density at radius 2 is 2.03 bits per heavy atom. The second kappa shape index (κ2) is 7.98. The van der Waals surface area contributed by atoms with Crippen LogP contribution in [0.25, 0.3) is 10.6 Å². The molecule has 0 spiro atoms. The summed E-state index contributed by atoms with van der Waals surface area (Å²) in [5, 5.41) is 4.01. The monoisotopic (exact) mass is 424 g/mol. The van der Waals surface area contributed by atoms with Crippen LogP contribution in [0.5, 0.6) is 0 Å². The smallest absolute Gasteiger partial charge is 0.263 e. The molecule has 156 valence electrons. The Kier molecular flexibility index (Phi) is 5.38. The Bertz CT molecular complexity index is 1170. The predicted molar refractivity (Wildman–Crippen MR) is 117 cm³/mol. The molecular formula is C21H24N6O2S. The van der Waals surface area contributed by atoms with Gasteiger partial charge in [-0.15, -0.1) is 11.3 Å². The minimum atomic E-state index is -0.328. The van der Waals surface area contributed by atoms with Crippen molar-refractivity contribution in [3.8, 4) is 10.6 Å². The first-order valence-corrected chi connectivity index (χ1v) is 10.6. The SMILES string of the molecule is Cc1nc(C)c(-c2ccnc(N3CCC(NC(=O)c4c(C)ccn(C)c4=O)C3)n2)s1. The lowest BCUT2D eigenvalue weighted by Gasteiger charge is -2.17. The highest BCUT2D eigenvalue weighted by Gasteiger charge is 2.27. The third kappa shape index (κ3) is 3.85. The highest BCUT2D eigenvalue weighted by Crippen LogP contribution is 2.29. The molecule has 1 aliphatic rings. The fraction of sp³-hybridized carbons (Fsp3) is 0.381. The highest BCUT2D eigenvalue weighted by molar-refractivity contribution is 7.15. The largest absolute Gasteiger partial charge is 0.347 e. The predicted octanol–water partition coefficient (Wildman–Crippen LogP) is 2.23. The van der Waals surface area contributed by atoms with E-state index in [1.165, 1.54) is 4.57 Å². The average Bonchev–Trinajstić information content (AvgIpc) is 3.31. The van der Waals surface area contributed by atoms with E-state index in [4.69, 9.17) is 4.98 Å². The van der Waals surface area contributed by atoms with Crippen LogP contribution in [0.1, 0.15) is 33.0 Å². The number of pyridine rings is 1. The summed E-state index contributed by atoms with van der Waals surface area (Å²) >= 11 is 1.62. The maximum Gasteiger partial charge on any atom is 0.263 e. The van der Waals surface area contributed by atoms with Crippen LogP contribution >= 0.6 is 11.3 Å².